The van der Waals surface area contributed by atoms with Crippen LogP contribution in [0.3, 0.4) is 0 Å². The predicted molar refractivity (Wildman–Crippen MR) is 124 cm³/mol. The molecule has 5 aliphatic rings. The summed E-state index contributed by atoms with van der Waals surface area (Å²) in [6.45, 7) is 3.57. The van der Waals surface area contributed by atoms with Crippen LogP contribution >= 0.6 is 0 Å². The number of nitrogens with one attached hydrogen (secondary N) is 1. The lowest BCUT2D eigenvalue weighted by molar-refractivity contribution is -0.141. The van der Waals surface area contributed by atoms with Gasteiger partial charge in [-0.15, -0.1) is 0 Å². The first-order valence-corrected chi connectivity index (χ1v) is 12.5. The number of aromatic nitrogens is 1. The van der Waals surface area contributed by atoms with Gasteiger partial charge in [0.15, 0.2) is 0 Å². The Morgan fingerprint density at radius 3 is 2.50 bits per heavy atom. The first kappa shape index (κ1) is 23.1. The van der Waals surface area contributed by atoms with Crippen molar-refractivity contribution >= 4 is 23.6 Å². The van der Waals surface area contributed by atoms with E-state index in [1.54, 1.807) is 11.0 Å². The van der Waals surface area contributed by atoms with Crippen molar-refractivity contribution in [2.75, 3.05) is 24.5 Å². The third-order valence-corrected chi connectivity index (χ3v) is 8.33. The summed E-state index contributed by atoms with van der Waals surface area (Å²) >= 11 is 0. The van der Waals surface area contributed by atoms with Crippen LogP contribution in [0, 0.1) is 17.8 Å². The van der Waals surface area contributed by atoms with Gasteiger partial charge >= 0.3 is 5.97 Å². The molecule has 2 amide bonds. The number of pyridine rings is 1. The van der Waals surface area contributed by atoms with Crippen molar-refractivity contribution in [3.05, 3.63) is 23.9 Å². The molecule has 1 saturated heterocycles. The third-order valence-electron chi connectivity index (χ3n) is 8.33. The molecule has 0 unspecified atom stereocenters. The highest BCUT2D eigenvalue weighted by Crippen LogP contribution is 2.55. The van der Waals surface area contributed by atoms with Gasteiger partial charge < -0.3 is 25.3 Å². The zero-order valence-corrected chi connectivity index (χ0v) is 19.7. The fourth-order valence-electron chi connectivity index (χ4n) is 7.05. The number of aliphatic hydroxyl groups is 1. The Labute approximate surface area is 199 Å². The molecule has 1 aromatic rings. The summed E-state index contributed by atoms with van der Waals surface area (Å²) in [4.78, 5) is 44.7. The summed E-state index contributed by atoms with van der Waals surface area (Å²) < 4.78 is 0. The fourth-order valence-corrected chi connectivity index (χ4v) is 7.05. The molecule has 5 fully saturated rings. The van der Waals surface area contributed by atoms with Gasteiger partial charge in [0.1, 0.15) is 11.5 Å². The lowest BCUT2D eigenvalue weighted by Gasteiger charge is -2.58. The highest BCUT2D eigenvalue weighted by molar-refractivity contribution is 5.93. The average Bonchev–Trinajstić information content (AvgIpc) is 2.78. The van der Waals surface area contributed by atoms with Gasteiger partial charge in [0.2, 0.25) is 5.91 Å². The topological polar surface area (TPSA) is 123 Å². The normalized spacial score (nSPS) is 34.2. The van der Waals surface area contributed by atoms with E-state index in [9.17, 15) is 19.5 Å². The summed E-state index contributed by atoms with van der Waals surface area (Å²) in [5.74, 6) is 0.705. The molecular weight excluding hydrogens is 436 g/mol. The Morgan fingerprint density at radius 2 is 1.85 bits per heavy atom. The Hall–Kier alpha value is -2.68. The molecule has 4 bridgehead atoms. The van der Waals surface area contributed by atoms with Gasteiger partial charge in [0.05, 0.1) is 12.0 Å². The maximum atomic E-state index is 13.1. The Kier molecular flexibility index (Phi) is 6.00. The highest BCUT2D eigenvalue weighted by atomic mass is 16.4. The second-order valence-electron chi connectivity index (χ2n) is 10.9. The maximum absolute atomic E-state index is 13.1. The SMILES string of the molecule is C[C@@H]1CN(C(=O)CCC(=O)O)CCN1c1cccc(C(=O)NC2[C@@H]3CC4C[C@@H]2CC(O)(C4)C3)n1. The summed E-state index contributed by atoms with van der Waals surface area (Å²) in [6.07, 6.45) is 4.51. The number of amides is 2. The number of carboxylic acids is 1. The van der Waals surface area contributed by atoms with Gasteiger partial charge in [-0.25, -0.2) is 4.98 Å². The molecule has 3 N–H and O–H groups in total. The number of nitrogens with zero attached hydrogens (tertiary/aromatic N) is 3. The van der Waals surface area contributed by atoms with Crippen LogP contribution in [-0.2, 0) is 9.59 Å². The van der Waals surface area contributed by atoms with E-state index in [-0.39, 0.29) is 36.7 Å². The quantitative estimate of drug-likeness (QED) is 0.578. The van der Waals surface area contributed by atoms with Crippen LogP contribution in [0.25, 0.3) is 0 Å². The van der Waals surface area contributed by atoms with Gasteiger partial charge in [-0.2, -0.15) is 0 Å². The van der Waals surface area contributed by atoms with E-state index in [2.05, 4.69) is 15.2 Å². The molecule has 184 valence electrons. The number of hydrogen-bond acceptors (Lipinski definition) is 6. The van der Waals surface area contributed by atoms with Crippen molar-refractivity contribution in [2.24, 2.45) is 17.8 Å². The summed E-state index contributed by atoms with van der Waals surface area (Å²) in [6, 6.07) is 5.56. The number of aliphatic carboxylic acids is 1. The molecule has 4 saturated carbocycles. The van der Waals surface area contributed by atoms with E-state index >= 15 is 0 Å². The maximum Gasteiger partial charge on any atom is 0.303 e. The highest BCUT2D eigenvalue weighted by Gasteiger charge is 2.55. The van der Waals surface area contributed by atoms with Gasteiger partial charge in [-0.05, 0) is 68.9 Å². The molecule has 9 nitrogen and oxygen atoms in total. The van der Waals surface area contributed by atoms with E-state index in [0.717, 1.165) is 32.1 Å². The second-order valence-corrected chi connectivity index (χ2v) is 10.9. The van der Waals surface area contributed by atoms with Crippen molar-refractivity contribution in [1.29, 1.82) is 0 Å². The second kappa shape index (κ2) is 8.83. The van der Waals surface area contributed by atoms with Gasteiger partial charge in [0.25, 0.3) is 5.91 Å². The van der Waals surface area contributed by atoms with Crippen LogP contribution in [-0.4, -0.2) is 75.2 Å². The van der Waals surface area contributed by atoms with Crippen LogP contribution in [0.2, 0.25) is 0 Å². The minimum absolute atomic E-state index is 0.00138. The minimum atomic E-state index is -0.969. The van der Waals surface area contributed by atoms with Crippen LogP contribution < -0.4 is 10.2 Å². The standard InChI is InChI=1S/C25H34N4O5/c1-15-14-28(21(30)5-6-22(31)32)7-8-29(15)20-4-2-3-19(26-20)24(33)27-23-17-9-16-10-18(23)13-25(34,11-16)12-17/h2-4,15-18,23,34H,5-14H2,1H3,(H,27,33)(H,31,32)/t15-,16?,17-,18-,23?,25?/m1/s1. The van der Waals surface area contributed by atoms with Crippen LogP contribution in [0.4, 0.5) is 5.82 Å². The van der Waals surface area contributed by atoms with Crippen LogP contribution in [0.1, 0.15) is 62.4 Å². The molecular formula is C25H34N4O5. The first-order chi connectivity index (χ1) is 16.2. The van der Waals surface area contributed by atoms with E-state index < -0.39 is 11.6 Å². The van der Waals surface area contributed by atoms with E-state index in [1.165, 1.54) is 0 Å². The lowest BCUT2D eigenvalue weighted by Crippen LogP contribution is -2.61. The first-order valence-electron chi connectivity index (χ1n) is 12.5. The monoisotopic (exact) mass is 470 g/mol. The summed E-state index contributed by atoms with van der Waals surface area (Å²) in [7, 11) is 0. The smallest absolute Gasteiger partial charge is 0.303 e. The fraction of sp³-hybridized carbons (Fsp3) is 0.680. The van der Waals surface area contributed by atoms with Gasteiger partial charge in [0, 0.05) is 38.1 Å². The van der Waals surface area contributed by atoms with Crippen molar-refractivity contribution in [2.45, 2.75) is 69.6 Å². The number of carboxylic acid groups (broad SMARTS) is 1. The molecule has 2 heterocycles. The van der Waals surface area contributed by atoms with Crippen LogP contribution in [0.5, 0.6) is 0 Å². The van der Waals surface area contributed by atoms with Gasteiger partial charge in [-0.1, -0.05) is 6.07 Å². The summed E-state index contributed by atoms with van der Waals surface area (Å²) in [5, 5.41) is 22.9. The number of piperazine rings is 1. The lowest BCUT2D eigenvalue weighted by atomic mass is 9.52. The van der Waals surface area contributed by atoms with Crippen LogP contribution in [0.15, 0.2) is 18.2 Å². The van der Waals surface area contributed by atoms with Gasteiger partial charge in [-0.3, -0.25) is 14.4 Å². The molecule has 9 heteroatoms. The van der Waals surface area contributed by atoms with Crippen molar-refractivity contribution < 1.29 is 24.6 Å². The molecule has 1 aliphatic heterocycles. The molecule has 0 aromatic carbocycles. The van der Waals surface area contributed by atoms with Crippen molar-refractivity contribution in [3.8, 4) is 0 Å². The molecule has 6 rings (SSSR count). The van der Waals surface area contributed by atoms with E-state index in [4.69, 9.17) is 5.11 Å². The van der Waals surface area contributed by atoms with E-state index in [1.807, 2.05) is 19.1 Å². The number of rotatable bonds is 6. The molecule has 0 radical (unpaired) electrons. The zero-order valence-electron chi connectivity index (χ0n) is 19.7. The number of carbonyl (C=O) groups excluding carboxylic acids is 2. The predicted octanol–water partition coefficient (Wildman–Crippen LogP) is 1.65. The zero-order chi connectivity index (χ0) is 24.0. The molecule has 0 spiro atoms. The summed E-state index contributed by atoms with van der Waals surface area (Å²) in [5.41, 5.74) is -0.138. The van der Waals surface area contributed by atoms with Crippen molar-refractivity contribution in [3.63, 3.8) is 0 Å². The number of anilines is 1. The molecule has 4 aliphatic carbocycles. The molecule has 1 aromatic heterocycles. The number of carbonyl (C=O) groups is 3. The molecule has 3 atom stereocenters. The minimum Gasteiger partial charge on any atom is -0.481 e. The Bertz CT molecular complexity index is 968. The third kappa shape index (κ3) is 4.50. The Morgan fingerprint density at radius 1 is 1.12 bits per heavy atom. The Balaban J connectivity index is 1.21. The number of hydrogen-bond donors (Lipinski definition) is 3. The van der Waals surface area contributed by atoms with Crippen molar-refractivity contribution in [1.82, 2.24) is 15.2 Å². The largest absolute Gasteiger partial charge is 0.481 e. The average molecular weight is 471 g/mol. The molecule has 34 heavy (non-hydrogen) atoms. The van der Waals surface area contributed by atoms with E-state index in [0.29, 0.717) is 48.9 Å².